The van der Waals surface area contributed by atoms with Crippen LogP contribution in [0.25, 0.3) is 11.0 Å². The number of amides is 2. The average Bonchev–Trinajstić information content (AvgIpc) is 3.17. The summed E-state index contributed by atoms with van der Waals surface area (Å²) in [6.07, 6.45) is 3.22. The zero-order valence-electron chi connectivity index (χ0n) is 19.0. The zero-order valence-corrected chi connectivity index (χ0v) is 19.7. The lowest BCUT2D eigenvalue weighted by molar-refractivity contribution is -0.135. The van der Waals surface area contributed by atoms with Crippen LogP contribution in [0.5, 0.6) is 5.75 Å². The number of nitrogens with one attached hydrogen (secondary N) is 1. The van der Waals surface area contributed by atoms with Crippen molar-refractivity contribution >= 4 is 34.4 Å². The third kappa shape index (κ3) is 5.47. The summed E-state index contributed by atoms with van der Waals surface area (Å²) in [5.41, 5.74) is 1.68. The van der Waals surface area contributed by atoms with Crippen LogP contribution in [0.4, 0.5) is 0 Å². The summed E-state index contributed by atoms with van der Waals surface area (Å²) in [6.45, 7) is 4.83. The van der Waals surface area contributed by atoms with E-state index in [2.05, 4.69) is 12.2 Å². The van der Waals surface area contributed by atoms with E-state index in [0.717, 1.165) is 36.8 Å². The second kappa shape index (κ2) is 10.3. The normalized spacial score (nSPS) is 17.1. The molecule has 2 atom stereocenters. The Labute approximate surface area is 198 Å². The maximum Gasteiger partial charge on any atom is 0.258 e. The van der Waals surface area contributed by atoms with Crippen molar-refractivity contribution in [3.8, 4) is 5.75 Å². The Morgan fingerprint density at radius 1 is 1.18 bits per heavy atom. The van der Waals surface area contributed by atoms with Gasteiger partial charge < -0.3 is 19.5 Å². The third-order valence-corrected chi connectivity index (χ3v) is 6.30. The van der Waals surface area contributed by atoms with Gasteiger partial charge in [-0.2, -0.15) is 0 Å². The number of hydrogen-bond acceptors (Lipinski definition) is 4. The van der Waals surface area contributed by atoms with Gasteiger partial charge in [-0.3, -0.25) is 9.59 Å². The maximum atomic E-state index is 13.2. The van der Waals surface area contributed by atoms with Crippen molar-refractivity contribution in [3.05, 3.63) is 59.4 Å². The van der Waals surface area contributed by atoms with Crippen molar-refractivity contribution in [2.75, 3.05) is 13.2 Å². The highest BCUT2D eigenvalue weighted by Gasteiger charge is 2.26. The van der Waals surface area contributed by atoms with Gasteiger partial charge in [0.05, 0.1) is 17.1 Å². The molecule has 0 spiro atoms. The van der Waals surface area contributed by atoms with Gasteiger partial charge in [-0.1, -0.05) is 23.7 Å². The number of hydrogen-bond donors (Lipinski definition) is 1. The van der Waals surface area contributed by atoms with Gasteiger partial charge in [0, 0.05) is 17.6 Å². The predicted molar refractivity (Wildman–Crippen MR) is 128 cm³/mol. The molecule has 8 heteroatoms. The molecule has 33 heavy (non-hydrogen) atoms. The van der Waals surface area contributed by atoms with Gasteiger partial charge >= 0.3 is 0 Å². The van der Waals surface area contributed by atoms with E-state index in [4.69, 9.17) is 21.3 Å². The van der Waals surface area contributed by atoms with E-state index in [0.29, 0.717) is 16.6 Å². The molecule has 1 aromatic heterocycles. The van der Waals surface area contributed by atoms with Gasteiger partial charge in [0.25, 0.3) is 5.91 Å². The second-order valence-electron chi connectivity index (χ2n) is 8.51. The number of rotatable bonds is 7. The Morgan fingerprint density at radius 3 is 2.70 bits per heavy atom. The van der Waals surface area contributed by atoms with Gasteiger partial charge in [-0.25, -0.2) is 4.98 Å². The number of carbonyl (C=O) groups is 2. The summed E-state index contributed by atoms with van der Waals surface area (Å²) in [4.78, 5) is 32.4. The molecule has 2 aromatic carbocycles. The number of aromatic nitrogens is 2. The van der Waals surface area contributed by atoms with Crippen LogP contribution < -0.4 is 10.1 Å². The van der Waals surface area contributed by atoms with Crippen molar-refractivity contribution in [2.45, 2.75) is 51.7 Å². The Hall–Kier alpha value is -3.06. The topological polar surface area (TPSA) is 76.5 Å². The van der Waals surface area contributed by atoms with Gasteiger partial charge in [-0.15, -0.1) is 0 Å². The van der Waals surface area contributed by atoms with E-state index in [1.165, 1.54) is 0 Å². The van der Waals surface area contributed by atoms with E-state index in [1.807, 2.05) is 40.7 Å². The van der Waals surface area contributed by atoms with Gasteiger partial charge in [0.2, 0.25) is 5.91 Å². The van der Waals surface area contributed by atoms with Crippen molar-refractivity contribution < 1.29 is 14.3 Å². The summed E-state index contributed by atoms with van der Waals surface area (Å²) in [5.74, 6) is 1.02. The quantitative estimate of drug-likeness (QED) is 0.559. The van der Waals surface area contributed by atoms with Crippen LogP contribution >= 0.6 is 11.6 Å². The van der Waals surface area contributed by atoms with Crippen LogP contribution in [0.15, 0.2) is 48.5 Å². The van der Waals surface area contributed by atoms with Crippen LogP contribution in [0, 0.1) is 0 Å². The number of para-hydroxylation sites is 2. The molecule has 2 unspecified atom stereocenters. The number of fused-ring (bicyclic) bond motifs is 1. The lowest BCUT2D eigenvalue weighted by Gasteiger charge is -2.33. The standard InChI is InChI=1S/C25H29ClN4O3/c1-17-7-5-6-14-29(17)24(32)15-30-22-9-4-3-8-21(22)28-25(30)18(2)27-23(31)16-33-20-12-10-19(26)11-13-20/h3-4,8-13,17-18H,5-7,14-16H2,1-2H3,(H,27,31). The molecule has 1 aliphatic rings. The lowest BCUT2D eigenvalue weighted by Crippen LogP contribution is -2.44. The first kappa shape index (κ1) is 23.1. The molecule has 174 valence electrons. The largest absolute Gasteiger partial charge is 0.484 e. The lowest BCUT2D eigenvalue weighted by atomic mass is 10.0. The van der Waals surface area contributed by atoms with Crippen molar-refractivity contribution in [1.29, 1.82) is 0 Å². The molecule has 0 radical (unpaired) electrons. The van der Waals surface area contributed by atoms with Crippen LogP contribution in [0.3, 0.4) is 0 Å². The molecule has 4 rings (SSSR count). The smallest absolute Gasteiger partial charge is 0.258 e. The Morgan fingerprint density at radius 2 is 1.94 bits per heavy atom. The molecular formula is C25H29ClN4O3. The molecule has 0 saturated carbocycles. The van der Waals surface area contributed by atoms with E-state index >= 15 is 0 Å². The van der Waals surface area contributed by atoms with Gasteiger partial charge in [0.1, 0.15) is 18.1 Å². The predicted octanol–water partition coefficient (Wildman–Crippen LogP) is 4.35. The van der Waals surface area contributed by atoms with Crippen molar-refractivity contribution in [1.82, 2.24) is 19.8 Å². The fourth-order valence-electron chi connectivity index (χ4n) is 4.31. The number of piperidine rings is 1. The van der Waals surface area contributed by atoms with E-state index in [-0.39, 0.29) is 31.0 Å². The van der Waals surface area contributed by atoms with E-state index in [1.54, 1.807) is 24.3 Å². The molecule has 1 N–H and O–H groups in total. The average molecular weight is 469 g/mol. The van der Waals surface area contributed by atoms with Crippen LogP contribution in [0.2, 0.25) is 5.02 Å². The second-order valence-corrected chi connectivity index (χ2v) is 8.95. The third-order valence-electron chi connectivity index (χ3n) is 6.05. The summed E-state index contributed by atoms with van der Waals surface area (Å²) in [6, 6.07) is 14.4. The fraction of sp³-hybridized carbons (Fsp3) is 0.400. The highest BCUT2D eigenvalue weighted by atomic mass is 35.5. The molecule has 2 amide bonds. The molecule has 0 bridgehead atoms. The first-order valence-electron chi connectivity index (χ1n) is 11.3. The first-order valence-corrected chi connectivity index (χ1v) is 11.7. The summed E-state index contributed by atoms with van der Waals surface area (Å²) < 4.78 is 7.47. The molecule has 0 aliphatic carbocycles. The number of nitrogens with zero attached hydrogens (tertiary/aromatic N) is 3. The summed E-state index contributed by atoms with van der Waals surface area (Å²) in [7, 11) is 0. The van der Waals surface area contributed by atoms with Crippen molar-refractivity contribution in [2.24, 2.45) is 0 Å². The Balaban J connectivity index is 1.48. The Kier molecular flexibility index (Phi) is 7.18. The molecule has 2 heterocycles. The minimum absolute atomic E-state index is 0.0798. The van der Waals surface area contributed by atoms with Gasteiger partial charge in [-0.05, 0) is 69.5 Å². The number of halogens is 1. The zero-order chi connectivity index (χ0) is 23.4. The molecular weight excluding hydrogens is 440 g/mol. The van der Waals surface area contributed by atoms with Crippen molar-refractivity contribution in [3.63, 3.8) is 0 Å². The monoisotopic (exact) mass is 468 g/mol. The summed E-state index contributed by atoms with van der Waals surface area (Å²) in [5, 5.41) is 3.55. The molecule has 3 aromatic rings. The van der Waals surface area contributed by atoms with Crippen LogP contribution in [0.1, 0.15) is 45.0 Å². The van der Waals surface area contributed by atoms with E-state index in [9.17, 15) is 9.59 Å². The van der Waals surface area contributed by atoms with E-state index < -0.39 is 6.04 Å². The number of likely N-dealkylation sites (tertiary alicyclic amines) is 1. The molecule has 1 aliphatic heterocycles. The highest BCUT2D eigenvalue weighted by Crippen LogP contribution is 2.23. The Bertz CT molecular complexity index is 1130. The minimum Gasteiger partial charge on any atom is -0.484 e. The summed E-state index contributed by atoms with van der Waals surface area (Å²) >= 11 is 5.88. The first-order chi connectivity index (χ1) is 15.9. The van der Waals surface area contributed by atoms with Crippen LogP contribution in [-0.4, -0.2) is 45.5 Å². The number of carbonyl (C=O) groups excluding carboxylic acids is 2. The molecule has 1 fully saturated rings. The van der Waals surface area contributed by atoms with Gasteiger partial charge in [0.15, 0.2) is 6.61 Å². The highest BCUT2D eigenvalue weighted by molar-refractivity contribution is 6.30. The number of benzene rings is 2. The number of imidazole rings is 1. The maximum absolute atomic E-state index is 13.2. The SMILES string of the molecule is CC(NC(=O)COc1ccc(Cl)cc1)c1nc2ccccc2n1CC(=O)N1CCCCC1C. The number of ether oxygens (including phenoxy) is 1. The molecule has 7 nitrogen and oxygen atoms in total. The fourth-order valence-corrected chi connectivity index (χ4v) is 4.44. The van der Waals surface area contributed by atoms with Crippen LogP contribution in [-0.2, 0) is 16.1 Å². The molecule has 1 saturated heterocycles. The minimum atomic E-state index is -0.398.